The normalized spacial score (nSPS) is 12.1. The molecule has 1 aromatic heterocycles. The molecule has 5 nitrogen and oxygen atoms in total. The number of aliphatic hydroxyl groups excluding tert-OH is 1. The van der Waals surface area contributed by atoms with E-state index in [2.05, 4.69) is 41.1 Å². The molecule has 0 bridgehead atoms. The molecule has 2 N–H and O–H groups in total. The van der Waals surface area contributed by atoms with E-state index in [9.17, 15) is 9.90 Å². The van der Waals surface area contributed by atoms with Crippen LogP contribution in [0.15, 0.2) is 72.8 Å². The molecule has 170 valence electrons. The third-order valence-electron chi connectivity index (χ3n) is 5.81. The molecule has 0 aliphatic carbocycles. The van der Waals surface area contributed by atoms with Gasteiger partial charge in [-0.15, -0.1) is 0 Å². The first-order valence-corrected chi connectivity index (χ1v) is 11.2. The minimum Gasteiger partial charge on any atom is -0.491 e. The van der Waals surface area contributed by atoms with Gasteiger partial charge in [-0.1, -0.05) is 48.0 Å². The molecule has 1 atom stereocenters. The second-order valence-electron chi connectivity index (χ2n) is 8.45. The molecule has 1 heterocycles. The minimum absolute atomic E-state index is 0.0191. The average molecular weight is 443 g/mol. The smallest absolute Gasteiger partial charge is 0.162 e. The van der Waals surface area contributed by atoms with Crippen LogP contribution in [0.4, 0.5) is 0 Å². The van der Waals surface area contributed by atoms with Gasteiger partial charge >= 0.3 is 0 Å². The van der Waals surface area contributed by atoms with Crippen LogP contribution in [-0.4, -0.2) is 34.7 Å². The van der Waals surface area contributed by atoms with Crippen LogP contribution in [0.1, 0.15) is 34.1 Å². The van der Waals surface area contributed by atoms with Crippen molar-refractivity contribution in [3.63, 3.8) is 0 Å². The van der Waals surface area contributed by atoms with Crippen molar-refractivity contribution in [2.45, 2.75) is 33.4 Å². The zero-order chi connectivity index (χ0) is 23.4. The summed E-state index contributed by atoms with van der Waals surface area (Å²) in [5, 5.41) is 14.4. The fraction of sp³-hybridized carbons (Fsp3) is 0.250. The van der Waals surface area contributed by atoms with Gasteiger partial charge in [-0.05, 0) is 56.7 Å². The van der Waals surface area contributed by atoms with Crippen LogP contribution in [-0.2, 0) is 6.54 Å². The Morgan fingerprint density at radius 1 is 1.03 bits per heavy atom. The molecule has 3 aromatic carbocycles. The number of nitrogens with zero attached hydrogens (tertiary/aromatic N) is 1. The molecule has 0 aliphatic rings. The average Bonchev–Trinajstić information content (AvgIpc) is 3.10. The molecule has 0 fully saturated rings. The molecular weight excluding hydrogens is 412 g/mol. The lowest BCUT2D eigenvalue weighted by Crippen LogP contribution is -2.31. The first-order chi connectivity index (χ1) is 15.9. The monoisotopic (exact) mass is 442 g/mol. The first kappa shape index (κ1) is 22.8. The van der Waals surface area contributed by atoms with Gasteiger partial charge < -0.3 is 19.7 Å². The number of aromatic nitrogens is 1. The van der Waals surface area contributed by atoms with Crippen LogP contribution in [0, 0.1) is 13.8 Å². The fourth-order valence-electron chi connectivity index (χ4n) is 4.19. The molecule has 0 aliphatic heterocycles. The summed E-state index contributed by atoms with van der Waals surface area (Å²) in [4.78, 5) is 12.5. The molecule has 4 rings (SSSR count). The highest BCUT2D eigenvalue weighted by molar-refractivity contribution is 6.09. The molecule has 0 saturated carbocycles. The number of rotatable bonds is 9. The summed E-state index contributed by atoms with van der Waals surface area (Å²) in [6.07, 6.45) is -0.643. The van der Waals surface area contributed by atoms with Crippen molar-refractivity contribution in [2.24, 2.45) is 0 Å². The van der Waals surface area contributed by atoms with Gasteiger partial charge in [0.2, 0.25) is 0 Å². The summed E-state index contributed by atoms with van der Waals surface area (Å²) in [6.45, 7) is 6.91. The molecule has 4 aromatic rings. The number of benzene rings is 3. The van der Waals surface area contributed by atoms with Crippen LogP contribution in [0.25, 0.3) is 16.6 Å². The maximum atomic E-state index is 12.5. The van der Waals surface area contributed by atoms with Gasteiger partial charge in [0, 0.05) is 35.4 Å². The second-order valence-corrected chi connectivity index (χ2v) is 8.45. The number of Topliss-reactive ketones (excluding diaryl/α,β-unsaturated/α-hetero) is 1. The number of aryl methyl sites for hydroxylation is 1. The number of nitrogens with one attached hydrogen (secondary N) is 1. The second kappa shape index (κ2) is 10.0. The maximum absolute atomic E-state index is 12.5. The molecule has 0 unspecified atom stereocenters. The van der Waals surface area contributed by atoms with Crippen molar-refractivity contribution in [1.29, 1.82) is 0 Å². The van der Waals surface area contributed by atoms with Gasteiger partial charge in [-0.3, -0.25) is 4.79 Å². The van der Waals surface area contributed by atoms with Crippen molar-refractivity contribution in [2.75, 3.05) is 13.2 Å². The lowest BCUT2D eigenvalue weighted by molar-refractivity contribution is 0.101. The summed E-state index contributed by atoms with van der Waals surface area (Å²) < 4.78 is 7.98. The van der Waals surface area contributed by atoms with Gasteiger partial charge in [0.1, 0.15) is 18.5 Å². The summed E-state index contributed by atoms with van der Waals surface area (Å²) >= 11 is 0. The fourth-order valence-corrected chi connectivity index (χ4v) is 4.19. The third kappa shape index (κ3) is 5.16. The summed E-state index contributed by atoms with van der Waals surface area (Å²) in [5.41, 5.74) is 5.93. The zero-order valence-corrected chi connectivity index (χ0v) is 19.3. The van der Waals surface area contributed by atoms with Crippen molar-refractivity contribution in [3.8, 4) is 11.4 Å². The molecule has 5 heteroatoms. The Hall–Kier alpha value is -3.41. The van der Waals surface area contributed by atoms with E-state index in [1.807, 2.05) is 55.5 Å². The number of hydrogen-bond acceptors (Lipinski definition) is 4. The lowest BCUT2D eigenvalue weighted by atomic mass is 10.1. The Bertz CT molecular complexity index is 1240. The van der Waals surface area contributed by atoms with Crippen LogP contribution < -0.4 is 10.1 Å². The van der Waals surface area contributed by atoms with Gasteiger partial charge in [0.15, 0.2) is 5.78 Å². The minimum atomic E-state index is -0.643. The van der Waals surface area contributed by atoms with E-state index in [0.29, 0.717) is 24.4 Å². The third-order valence-corrected chi connectivity index (χ3v) is 5.81. The van der Waals surface area contributed by atoms with E-state index in [1.165, 1.54) is 11.1 Å². The van der Waals surface area contributed by atoms with Crippen molar-refractivity contribution in [1.82, 2.24) is 9.88 Å². The standard InChI is InChI=1S/C28H30N2O3/c1-19-9-11-23(12-10-19)30-20(2)28(21(3)31)26-15-25(13-14-27(26)30)33-18-24(32)17-29-16-22-7-5-4-6-8-22/h4-15,24,29,32H,16-18H2,1-3H3/t24-/m1/s1. The molecule has 0 saturated heterocycles. The summed E-state index contributed by atoms with van der Waals surface area (Å²) in [6, 6.07) is 24.1. The Labute approximate surface area is 194 Å². The molecule has 0 radical (unpaired) electrons. The summed E-state index contributed by atoms with van der Waals surface area (Å²) in [5.74, 6) is 0.652. The highest BCUT2D eigenvalue weighted by Crippen LogP contribution is 2.32. The number of ketones is 1. The Morgan fingerprint density at radius 3 is 2.45 bits per heavy atom. The van der Waals surface area contributed by atoms with Crippen molar-refractivity contribution < 1.29 is 14.6 Å². The number of ether oxygens (including phenoxy) is 1. The van der Waals surface area contributed by atoms with E-state index < -0.39 is 6.10 Å². The van der Waals surface area contributed by atoms with E-state index in [1.54, 1.807) is 6.92 Å². The first-order valence-electron chi connectivity index (χ1n) is 11.2. The quantitative estimate of drug-likeness (QED) is 0.359. The Morgan fingerprint density at radius 2 is 1.76 bits per heavy atom. The number of carbonyl (C=O) groups is 1. The van der Waals surface area contributed by atoms with Crippen LogP contribution in [0.2, 0.25) is 0 Å². The van der Waals surface area contributed by atoms with Gasteiger partial charge in [0.25, 0.3) is 0 Å². The topological polar surface area (TPSA) is 63.5 Å². The maximum Gasteiger partial charge on any atom is 0.162 e. The predicted molar refractivity (Wildman–Crippen MR) is 132 cm³/mol. The number of carbonyl (C=O) groups excluding carboxylic acids is 1. The van der Waals surface area contributed by atoms with Crippen molar-refractivity contribution in [3.05, 3.63) is 95.2 Å². The van der Waals surface area contributed by atoms with Gasteiger partial charge in [-0.25, -0.2) is 0 Å². The molecule has 0 amide bonds. The largest absolute Gasteiger partial charge is 0.491 e. The molecular formula is C28H30N2O3. The zero-order valence-electron chi connectivity index (χ0n) is 19.3. The molecule has 0 spiro atoms. The Kier molecular flexibility index (Phi) is 6.92. The summed E-state index contributed by atoms with van der Waals surface area (Å²) in [7, 11) is 0. The van der Waals surface area contributed by atoms with Crippen LogP contribution in [0.5, 0.6) is 5.75 Å². The van der Waals surface area contributed by atoms with Crippen LogP contribution in [0.3, 0.4) is 0 Å². The van der Waals surface area contributed by atoms with E-state index >= 15 is 0 Å². The molecule has 33 heavy (non-hydrogen) atoms. The van der Waals surface area contributed by atoms with Gasteiger partial charge in [0.05, 0.1) is 5.52 Å². The van der Waals surface area contributed by atoms with E-state index in [0.717, 1.165) is 22.3 Å². The van der Waals surface area contributed by atoms with Crippen LogP contribution >= 0.6 is 0 Å². The Balaban J connectivity index is 1.49. The number of hydrogen-bond donors (Lipinski definition) is 2. The SMILES string of the molecule is CC(=O)c1c(C)n(-c2ccc(C)cc2)c2ccc(OC[C@H](O)CNCc3ccccc3)cc12. The number of aliphatic hydroxyl groups is 1. The number of fused-ring (bicyclic) bond motifs is 1. The highest BCUT2D eigenvalue weighted by Gasteiger charge is 2.19. The predicted octanol–water partition coefficient (Wildman–Crippen LogP) is 4.98. The van der Waals surface area contributed by atoms with E-state index in [-0.39, 0.29) is 12.4 Å². The van der Waals surface area contributed by atoms with Gasteiger partial charge in [-0.2, -0.15) is 0 Å². The van der Waals surface area contributed by atoms with E-state index in [4.69, 9.17) is 4.74 Å². The highest BCUT2D eigenvalue weighted by atomic mass is 16.5. The van der Waals surface area contributed by atoms with Crippen molar-refractivity contribution >= 4 is 16.7 Å². The lowest BCUT2D eigenvalue weighted by Gasteiger charge is -2.14.